The Balaban J connectivity index is 2.16. The van der Waals surface area contributed by atoms with Crippen LogP contribution in [0, 0.1) is 0 Å². The van der Waals surface area contributed by atoms with E-state index >= 15 is 0 Å². The highest BCUT2D eigenvalue weighted by atomic mass is 32.2. The van der Waals surface area contributed by atoms with Crippen LogP contribution in [-0.2, 0) is 10.8 Å². The molecule has 1 atom stereocenters. The quantitative estimate of drug-likeness (QED) is 0.767. The zero-order valence-electron chi connectivity index (χ0n) is 9.97. The van der Waals surface area contributed by atoms with Crippen LogP contribution < -0.4 is 10.1 Å². The van der Waals surface area contributed by atoms with Gasteiger partial charge in [0.05, 0.1) is 38.6 Å². The maximum absolute atomic E-state index is 12.5. The van der Waals surface area contributed by atoms with E-state index in [9.17, 15) is 4.21 Å². The molecule has 0 amide bonds. The lowest BCUT2D eigenvalue weighted by Crippen LogP contribution is -2.10. The molecule has 3 nitrogen and oxygen atoms in total. The van der Waals surface area contributed by atoms with Crippen LogP contribution in [0.4, 0.5) is 11.4 Å². The molecule has 1 N–H and O–H groups in total. The second kappa shape index (κ2) is 4.46. The first kappa shape index (κ1) is 11.3. The lowest BCUT2D eigenvalue weighted by Gasteiger charge is -2.22. The summed E-state index contributed by atoms with van der Waals surface area (Å²) in [6, 6.07) is 13.3. The number of hydrogen-bond acceptors (Lipinski definition) is 3. The second-order valence-corrected chi connectivity index (χ2v) is 5.37. The van der Waals surface area contributed by atoms with Gasteiger partial charge in [-0.25, -0.2) is 4.21 Å². The highest BCUT2D eigenvalue weighted by Crippen LogP contribution is 2.41. The van der Waals surface area contributed by atoms with Gasteiger partial charge in [0.1, 0.15) is 5.75 Å². The van der Waals surface area contributed by atoms with E-state index in [1.807, 2.05) is 49.4 Å². The number of fused-ring (bicyclic) bond motifs is 2. The average Bonchev–Trinajstić information content (AvgIpc) is 2.40. The molecule has 2 aromatic carbocycles. The maximum Gasteiger partial charge on any atom is 0.143 e. The number of para-hydroxylation sites is 2. The third-order valence-electron chi connectivity index (χ3n) is 2.83. The lowest BCUT2D eigenvalue weighted by atomic mass is 10.2. The zero-order chi connectivity index (χ0) is 12.5. The van der Waals surface area contributed by atoms with Crippen molar-refractivity contribution in [1.29, 1.82) is 0 Å². The molecule has 0 spiro atoms. The monoisotopic (exact) mass is 259 g/mol. The van der Waals surface area contributed by atoms with Gasteiger partial charge in [-0.1, -0.05) is 18.2 Å². The largest absolute Gasteiger partial charge is 0.492 e. The van der Waals surface area contributed by atoms with Crippen LogP contribution in [0.3, 0.4) is 0 Å². The molecule has 0 radical (unpaired) electrons. The van der Waals surface area contributed by atoms with Crippen LogP contribution in [0.25, 0.3) is 0 Å². The number of nitrogens with one attached hydrogen (secondary N) is 1. The summed E-state index contributed by atoms with van der Waals surface area (Å²) in [4.78, 5) is 1.60. The molecule has 1 unspecified atom stereocenters. The first-order valence-corrected chi connectivity index (χ1v) is 7.00. The minimum atomic E-state index is -1.15. The van der Waals surface area contributed by atoms with E-state index in [1.54, 1.807) is 0 Å². The third-order valence-corrected chi connectivity index (χ3v) is 4.33. The Bertz CT molecular complexity index is 625. The minimum absolute atomic E-state index is 0.590. The van der Waals surface area contributed by atoms with Crippen molar-refractivity contribution in [3.05, 3.63) is 42.5 Å². The molecule has 3 rings (SSSR count). The highest BCUT2D eigenvalue weighted by Gasteiger charge is 2.23. The molecular formula is C14H13NO2S. The Morgan fingerprint density at radius 2 is 1.89 bits per heavy atom. The summed E-state index contributed by atoms with van der Waals surface area (Å²) in [5, 5.41) is 3.31. The van der Waals surface area contributed by atoms with E-state index < -0.39 is 10.8 Å². The van der Waals surface area contributed by atoms with Gasteiger partial charge in [-0.3, -0.25) is 0 Å². The molecule has 0 fully saturated rings. The highest BCUT2D eigenvalue weighted by molar-refractivity contribution is 7.85. The van der Waals surface area contributed by atoms with Crippen LogP contribution in [0.2, 0.25) is 0 Å². The minimum Gasteiger partial charge on any atom is -0.492 e. The Labute approximate surface area is 108 Å². The van der Waals surface area contributed by atoms with Crippen molar-refractivity contribution in [2.24, 2.45) is 0 Å². The Hall–Kier alpha value is -1.81. The lowest BCUT2D eigenvalue weighted by molar-refractivity contribution is 0.341. The van der Waals surface area contributed by atoms with Gasteiger partial charge in [-0.15, -0.1) is 0 Å². The first-order chi connectivity index (χ1) is 8.81. The van der Waals surface area contributed by atoms with E-state index in [2.05, 4.69) is 5.32 Å². The number of hydrogen-bond donors (Lipinski definition) is 1. The van der Waals surface area contributed by atoms with Gasteiger partial charge in [0.25, 0.3) is 0 Å². The third kappa shape index (κ3) is 1.69. The van der Waals surface area contributed by atoms with Gasteiger partial charge in [0.15, 0.2) is 0 Å². The average molecular weight is 259 g/mol. The van der Waals surface area contributed by atoms with Gasteiger partial charge in [-0.05, 0) is 31.2 Å². The summed E-state index contributed by atoms with van der Waals surface area (Å²) in [5.74, 6) is 0.748. The van der Waals surface area contributed by atoms with Crippen molar-refractivity contribution >= 4 is 22.2 Å². The zero-order valence-corrected chi connectivity index (χ0v) is 10.8. The Morgan fingerprint density at radius 3 is 2.72 bits per heavy atom. The second-order valence-electron chi connectivity index (χ2n) is 3.95. The van der Waals surface area contributed by atoms with Crippen LogP contribution in [0.5, 0.6) is 5.75 Å². The normalized spacial score (nSPS) is 16.4. The van der Waals surface area contributed by atoms with Gasteiger partial charge >= 0.3 is 0 Å². The summed E-state index contributed by atoms with van der Waals surface area (Å²) in [6.45, 7) is 2.53. The number of benzene rings is 2. The summed E-state index contributed by atoms with van der Waals surface area (Å²) in [7, 11) is -1.15. The number of anilines is 2. The Kier molecular flexibility index (Phi) is 2.80. The first-order valence-electron chi connectivity index (χ1n) is 5.85. The molecule has 0 saturated carbocycles. The van der Waals surface area contributed by atoms with Crippen molar-refractivity contribution in [3.8, 4) is 5.75 Å². The maximum atomic E-state index is 12.5. The fourth-order valence-electron chi connectivity index (χ4n) is 2.05. The smallest absolute Gasteiger partial charge is 0.143 e. The molecular weight excluding hydrogens is 246 g/mol. The molecule has 1 heterocycles. The number of rotatable bonds is 2. The molecule has 18 heavy (non-hydrogen) atoms. The van der Waals surface area contributed by atoms with E-state index in [0.29, 0.717) is 6.61 Å². The van der Waals surface area contributed by atoms with Crippen molar-refractivity contribution in [3.63, 3.8) is 0 Å². The van der Waals surface area contributed by atoms with Crippen molar-refractivity contribution in [2.45, 2.75) is 16.7 Å². The molecule has 0 aromatic heterocycles. The van der Waals surface area contributed by atoms with Gasteiger partial charge in [0, 0.05) is 0 Å². The molecule has 0 aliphatic carbocycles. The van der Waals surface area contributed by atoms with E-state index in [0.717, 1.165) is 26.9 Å². The molecule has 0 bridgehead atoms. The topological polar surface area (TPSA) is 38.3 Å². The fourth-order valence-corrected chi connectivity index (χ4v) is 3.35. The van der Waals surface area contributed by atoms with Gasteiger partial charge in [-0.2, -0.15) is 0 Å². The molecule has 2 aromatic rings. The fraction of sp³-hybridized carbons (Fsp3) is 0.143. The predicted octanol–water partition coefficient (Wildman–Crippen LogP) is 3.31. The van der Waals surface area contributed by atoms with Crippen LogP contribution in [0.15, 0.2) is 52.3 Å². The van der Waals surface area contributed by atoms with Crippen molar-refractivity contribution in [2.75, 3.05) is 11.9 Å². The van der Waals surface area contributed by atoms with Gasteiger partial charge < -0.3 is 10.1 Å². The van der Waals surface area contributed by atoms with Crippen LogP contribution in [0.1, 0.15) is 6.92 Å². The van der Waals surface area contributed by atoms with Crippen LogP contribution >= 0.6 is 0 Å². The van der Waals surface area contributed by atoms with E-state index in [1.165, 1.54) is 0 Å². The number of ether oxygens (including phenoxy) is 1. The molecule has 1 aliphatic heterocycles. The predicted molar refractivity (Wildman–Crippen MR) is 72.0 cm³/mol. The molecule has 4 heteroatoms. The summed E-state index contributed by atoms with van der Waals surface area (Å²) in [5.41, 5.74) is 1.70. The summed E-state index contributed by atoms with van der Waals surface area (Å²) < 4.78 is 18.1. The standard InChI is InChI=1S/C14H13NO2S/c1-2-17-11-7-5-9-13-14(11)15-10-6-3-4-8-12(10)18(13)16/h3-9,15H,2H2,1H3. The van der Waals surface area contributed by atoms with Gasteiger partial charge in [0.2, 0.25) is 0 Å². The van der Waals surface area contributed by atoms with Crippen LogP contribution in [-0.4, -0.2) is 10.8 Å². The molecule has 0 saturated heterocycles. The van der Waals surface area contributed by atoms with E-state index in [-0.39, 0.29) is 0 Å². The molecule has 92 valence electrons. The summed E-state index contributed by atoms with van der Waals surface area (Å²) in [6.07, 6.45) is 0. The summed E-state index contributed by atoms with van der Waals surface area (Å²) >= 11 is 0. The van der Waals surface area contributed by atoms with Crippen molar-refractivity contribution < 1.29 is 8.95 Å². The van der Waals surface area contributed by atoms with Crippen molar-refractivity contribution in [1.82, 2.24) is 0 Å². The van der Waals surface area contributed by atoms with E-state index in [4.69, 9.17) is 4.74 Å². The Morgan fingerprint density at radius 1 is 1.11 bits per heavy atom. The molecule has 1 aliphatic rings. The SMILES string of the molecule is CCOc1cccc2c1Nc1ccccc1S2=O.